The molecule has 3 heteroatoms. The minimum atomic E-state index is 1.11. The van der Waals surface area contributed by atoms with Gasteiger partial charge in [-0.3, -0.25) is 0 Å². The summed E-state index contributed by atoms with van der Waals surface area (Å²) in [6, 6.07) is 0. The summed E-state index contributed by atoms with van der Waals surface area (Å²) in [5.74, 6) is 0. The third-order valence-corrected chi connectivity index (χ3v) is 2.31. The molecule has 0 amide bonds. The summed E-state index contributed by atoms with van der Waals surface area (Å²) in [6.45, 7) is 4.48. The first-order chi connectivity index (χ1) is 5.93. The summed E-state index contributed by atoms with van der Waals surface area (Å²) in [6.07, 6.45) is 8.42. The van der Waals surface area contributed by atoms with Crippen molar-refractivity contribution in [1.82, 2.24) is 10.2 Å². The zero-order valence-corrected chi connectivity index (χ0v) is 10.0. The normalized spacial score (nSPS) is 19.2. The summed E-state index contributed by atoms with van der Waals surface area (Å²) in [4.78, 5) is 2.34. The van der Waals surface area contributed by atoms with E-state index in [1.54, 1.807) is 0 Å². The number of hydrogen-bond donors (Lipinski definition) is 1. The molecule has 0 unspecified atom stereocenters. The van der Waals surface area contributed by atoms with Crippen molar-refractivity contribution in [1.29, 1.82) is 0 Å². The van der Waals surface area contributed by atoms with E-state index in [1.165, 1.54) is 19.4 Å². The Morgan fingerprint density at radius 3 is 2.50 bits per heavy atom. The molecule has 0 atom stereocenters. The second-order valence-corrected chi connectivity index (χ2v) is 3.63. The Labute approximate surface area is 84.7 Å². The number of rotatable bonds is 3. The first-order valence-electron chi connectivity index (χ1n) is 4.17. The molecule has 0 aromatic carbocycles. The molecular weight excluding hydrogens is 320 g/mol. The van der Waals surface area contributed by atoms with Crippen molar-refractivity contribution >= 4 is 4.40 Å². The van der Waals surface area contributed by atoms with E-state index in [4.69, 9.17) is 0 Å². The molecule has 12 heavy (non-hydrogen) atoms. The quantitative estimate of drug-likeness (QED) is 0.748. The number of nitrogens with one attached hydrogen (secondary N) is 1. The molecule has 0 aromatic rings. The predicted octanol–water partition coefficient (Wildman–Crippen LogP) is 0.311. The van der Waals surface area contributed by atoms with Crippen LogP contribution in [0.1, 0.15) is 0 Å². The van der Waals surface area contributed by atoms with Gasteiger partial charge in [-0.2, -0.15) is 0 Å². The molecule has 1 aliphatic heterocycles. The number of nitrogens with zero attached hydrogens (tertiary/aromatic N) is 1. The van der Waals surface area contributed by atoms with E-state index in [-0.39, 0.29) is 0 Å². The van der Waals surface area contributed by atoms with E-state index >= 15 is 0 Å². The standard InChI is InChI=1S/C9H14N2.W/c1-2-3-4-7-11-8-5-10-6-9-11;/h1-4,7,10H,5-6,8-9H2;/b3-2-,7-4?;. The van der Waals surface area contributed by atoms with Gasteiger partial charge >= 0.3 is 84.6 Å². The molecule has 2 nitrogen and oxygen atoms in total. The van der Waals surface area contributed by atoms with Gasteiger partial charge in [0.15, 0.2) is 0 Å². The van der Waals surface area contributed by atoms with Gasteiger partial charge in [0.25, 0.3) is 0 Å². The van der Waals surface area contributed by atoms with E-state index in [0.29, 0.717) is 0 Å². The van der Waals surface area contributed by atoms with Gasteiger partial charge in [-0.15, -0.1) is 0 Å². The molecule has 66 valence electrons. The zero-order valence-electron chi connectivity index (χ0n) is 7.07. The van der Waals surface area contributed by atoms with Crippen molar-refractivity contribution in [3.63, 3.8) is 0 Å². The monoisotopic (exact) mass is 334 g/mol. The van der Waals surface area contributed by atoms with Crippen LogP contribution in [0.3, 0.4) is 0 Å². The molecule has 0 spiro atoms. The molecule has 1 heterocycles. The Morgan fingerprint density at radius 1 is 1.08 bits per heavy atom. The van der Waals surface area contributed by atoms with Crippen LogP contribution in [-0.2, 0) is 19.4 Å². The SMILES string of the molecule is [W]=[CH]/C=C\C=CN1CCNCC1. The molecule has 0 bridgehead atoms. The minimum absolute atomic E-state index is 1.11. The van der Waals surface area contributed by atoms with Crippen molar-refractivity contribution in [2.75, 3.05) is 26.2 Å². The molecule has 0 aromatic heterocycles. The van der Waals surface area contributed by atoms with E-state index in [0.717, 1.165) is 26.2 Å². The Hall–Kier alpha value is -0.202. The Kier molecular flexibility index (Phi) is 5.21. The molecular formula is C9H14N2W. The van der Waals surface area contributed by atoms with Crippen molar-refractivity contribution in [2.45, 2.75) is 0 Å². The summed E-state index contributed by atoms with van der Waals surface area (Å²) < 4.78 is 2.11. The van der Waals surface area contributed by atoms with Crippen LogP contribution in [0.2, 0.25) is 0 Å². The van der Waals surface area contributed by atoms with Crippen LogP contribution in [-0.4, -0.2) is 35.5 Å². The van der Waals surface area contributed by atoms with Crippen LogP contribution in [0.15, 0.2) is 24.4 Å². The molecule has 0 saturated carbocycles. The van der Waals surface area contributed by atoms with Crippen molar-refractivity contribution in [3.05, 3.63) is 24.4 Å². The fourth-order valence-corrected chi connectivity index (χ4v) is 1.44. The Bertz CT molecular complexity index is 181. The van der Waals surface area contributed by atoms with Gasteiger partial charge in [-0.1, -0.05) is 0 Å². The number of allylic oxidation sites excluding steroid dienone is 3. The maximum atomic E-state index is 3.32. The molecule has 0 radical (unpaired) electrons. The van der Waals surface area contributed by atoms with E-state index in [9.17, 15) is 0 Å². The topological polar surface area (TPSA) is 15.3 Å². The molecule has 1 rings (SSSR count). The van der Waals surface area contributed by atoms with Gasteiger partial charge in [-0.05, 0) is 0 Å². The zero-order chi connectivity index (χ0) is 8.65. The van der Waals surface area contributed by atoms with Crippen LogP contribution in [0, 0.1) is 0 Å². The van der Waals surface area contributed by atoms with E-state index in [2.05, 4.69) is 39.0 Å². The van der Waals surface area contributed by atoms with Crippen LogP contribution >= 0.6 is 0 Å². The fraction of sp³-hybridized carbons (Fsp3) is 0.444. The molecule has 0 aliphatic carbocycles. The van der Waals surface area contributed by atoms with Crippen LogP contribution in [0.4, 0.5) is 0 Å². The average molecular weight is 334 g/mol. The summed E-state index contributed by atoms with van der Waals surface area (Å²) in [5, 5.41) is 3.32. The molecule has 1 saturated heterocycles. The maximum absolute atomic E-state index is 3.32. The molecule has 1 fully saturated rings. The van der Waals surface area contributed by atoms with E-state index in [1.807, 2.05) is 0 Å². The van der Waals surface area contributed by atoms with Crippen LogP contribution in [0.25, 0.3) is 0 Å². The van der Waals surface area contributed by atoms with Crippen LogP contribution in [0.5, 0.6) is 0 Å². The summed E-state index contributed by atoms with van der Waals surface area (Å²) >= 11 is 1.50. The second kappa shape index (κ2) is 6.33. The van der Waals surface area contributed by atoms with Crippen molar-refractivity contribution < 1.29 is 19.4 Å². The Balaban J connectivity index is 2.23. The predicted molar refractivity (Wildman–Crippen MR) is 48.8 cm³/mol. The van der Waals surface area contributed by atoms with Gasteiger partial charge in [0.2, 0.25) is 0 Å². The number of hydrogen-bond acceptors (Lipinski definition) is 2. The number of piperazine rings is 1. The van der Waals surface area contributed by atoms with Crippen molar-refractivity contribution in [2.24, 2.45) is 0 Å². The second-order valence-electron chi connectivity index (χ2n) is 2.65. The third-order valence-electron chi connectivity index (χ3n) is 1.75. The summed E-state index contributed by atoms with van der Waals surface area (Å²) in [7, 11) is 0. The third kappa shape index (κ3) is 3.98. The fourth-order valence-electron chi connectivity index (χ4n) is 1.11. The summed E-state index contributed by atoms with van der Waals surface area (Å²) in [5.41, 5.74) is 0. The van der Waals surface area contributed by atoms with Crippen LogP contribution < -0.4 is 5.32 Å². The molecule has 1 aliphatic rings. The molecule has 1 N–H and O–H groups in total. The van der Waals surface area contributed by atoms with Gasteiger partial charge in [-0.25, -0.2) is 0 Å². The van der Waals surface area contributed by atoms with Crippen molar-refractivity contribution in [3.8, 4) is 0 Å². The van der Waals surface area contributed by atoms with Gasteiger partial charge in [0.05, 0.1) is 0 Å². The van der Waals surface area contributed by atoms with Gasteiger partial charge in [0, 0.05) is 0 Å². The first-order valence-corrected chi connectivity index (χ1v) is 5.86. The average Bonchev–Trinajstić information content (AvgIpc) is 2.14. The Morgan fingerprint density at radius 2 is 1.83 bits per heavy atom. The van der Waals surface area contributed by atoms with Gasteiger partial charge in [0.1, 0.15) is 0 Å². The van der Waals surface area contributed by atoms with E-state index < -0.39 is 0 Å². The van der Waals surface area contributed by atoms with Gasteiger partial charge < -0.3 is 0 Å². The first kappa shape index (κ1) is 9.88.